The Morgan fingerprint density at radius 3 is 2.41 bits per heavy atom. The van der Waals surface area contributed by atoms with E-state index in [0.717, 1.165) is 15.6 Å². The first kappa shape index (κ1) is 16.7. The van der Waals surface area contributed by atoms with Crippen LogP contribution in [0.2, 0.25) is 0 Å². The summed E-state index contributed by atoms with van der Waals surface area (Å²) in [5.41, 5.74) is 2.27. The van der Waals surface area contributed by atoms with Gasteiger partial charge in [-0.15, -0.1) is 0 Å². The number of methoxy groups -OCH3 is 1. The Kier molecular flexibility index (Phi) is 6.16. The molecular formula is C18H20BrNO2. The lowest BCUT2D eigenvalue weighted by atomic mass is 10.0. The monoisotopic (exact) mass is 361 g/mol. The van der Waals surface area contributed by atoms with E-state index in [4.69, 9.17) is 4.74 Å². The number of carbonyl (C=O) groups is 1. The minimum Gasteiger partial charge on any atom is -0.468 e. The molecule has 0 heterocycles. The van der Waals surface area contributed by atoms with Gasteiger partial charge in [-0.05, 0) is 30.7 Å². The number of rotatable bonds is 6. The number of halogens is 1. The van der Waals surface area contributed by atoms with E-state index in [1.165, 1.54) is 7.11 Å². The van der Waals surface area contributed by atoms with Crippen LogP contribution in [0.1, 0.15) is 11.1 Å². The molecule has 0 unspecified atom stereocenters. The quantitative estimate of drug-likeness (QED) is 0.735. The van der Waals surface area contributed by atoms with Gasteiger partial charge in [0.1, 0.15) is 6.04 Å². The van der Waals surface area contributed by atoms with Gasteiger partial charge in [0.05, 0.1) is 7.11 Å². The first-order chi connectivity index (χ1) is 10.6. The molecule has 2 rings (SSSR count). The third-order valence-corrected chi connectivity index (χ3v) is 4.43. The molecule has 0 aliphatic carbocycles. The van der Waals surface area contributed by atoms with Crippen LogP contribution in [-0.4, -0.2) is 31.1 Å². The zero-order valence-corrected chi connectivity index (χ0v) is 14.4. The number of hydrogen-bond acceptors (Lipinski definition) is 3. The summed E-state index contributed by atoms with van der Waals surface area (Å²) < 4.78 is 6.03. The van der Waals surface area contributed by atoms with Crippen molar-refractivity contribution in [3.05, 3.63) is 70.2 Å². The fourth-order valence-corrected chi connectivity index (χ4v) is 2.81. The van der Waals surface area contributed by atoms with Crippen molar-refractivity contribution >= 4 is 21.9 Å². The Hall–Kier alpha value is -1.65. The number of esters is 1. The molecular weight excluding hydrogens is 342 g/mol. The molecule has 0 saturated carbocycles. The minimum absolute atomic E-state index is 0.210. The number of carbonyl (C=O) groups excluding carboxylic acids is 1. The molecule has 4 heteroatoms. The average molecular weight is 362 g/mol. The third kappa shape index (κ3) is 4.42. The highest BCUT2D eigenvalue weighted by Gasteiger charge is 2.24. The average Bonchev–Trinajstić information content (AvgIpc) is 2.55. The molecule has 2 aromatic carbocycles. The normalized spacial score (nSPS) is 12.2. The van der Waals surface area contributed by atoms with Crippen molar-refractivity contribution in [2.24, 2.45) is 0 Å². The highest BCUT2D eigenvalue weighted by Crippen LogP contribution is 2.19. The van der Waals surface area contributed by atoms with E-state index in [1.807, 2.05) is 60.5 Å². The number of likely N-dealkylation sites (N-methyl/N-ethyl adjacent to an activating group) is 1. The van der Waals surface area contributed by atoms with Crippen LogP contribution in [0, 0.1) is 0 Å². The number of ether oxygens (including phenoxy) is 1. The van der Waals surface area contributed by atoms with Crippen LogP contribution in [0.25, 0.3) is 0 Å². The molecule has 0 N–H and O–H groups in total. The van der Waals surface area contributed by atoms with Crippen molar-refractivity contribution in [3.63, 3.8) is 0 Å². The Bertz CT molecular complexity index is 615. The molecule has 0 fully saturated rings. The summed E-state index contributed by atoms with van der Waals surface area (Å²) in [7, 11) is 3.39. The Balaban J connectivity index is 2.14. The van der Waals surface area contributed by atoms with Gasteiger partial charge in [0.2, 0.25) is 0 Å². The van der Waals surface area contributed by atoms with E-state index < -0.39 is 0 Å². The zero-order chi connectivity index (χ0) is 15.9. The van der Waals surface area contributed by atoms with Crippen LogP contribution in [0.15, 0.2) is 59.1 Å². The van der Waals surface area contributed by atoms with Crippen LogP contribution in [0.4, 0.5) is 0 Å². The second-order valence-corrected chi connectivity index (χ2v) is 6.09. The summed E-state index contributed by atoms with van der Waals surface area (Å²) in [6, 6.07) is 17.7. The SMILES string of the molecule is COC(=O)[C@H](Cc1ccccc1)N(C)Cc1ccccc1Br. The van der Waals surface area contributed by atoms with E-state index in [2.05, 4.69) is 22.0 Å². The zero-order valence-electron chi connectivity index (χ0n) is 12.8. The molecule has 0 aliphatic heterocycles. The highest BCUT2D eigenvalue weighted by molar-refractivity contribution is 9.10. The molecule has 3 nitrogen and oxygen atoms in total. The molecule has 2 aromatic rings. The number of hydrogen-bond donors (Lipinski definition) is 0. The summed E-state index contributed by atoms with van der Waals surface area (Å²) in [5.74, 6) is -0.210. The largest absolute Gasteiger partial charge is 0.468 e. The number of benzene rings is 2. The molecule has 0 radical (unpaired) electrons. The summed E-state index contributed by atoms with van der Waals surface area (Å²) in [5, 5.41) is 0. The van der Waals surface area contributed by atoms with Gasteiger partial charge in [-0.25, -0.2) is 0 Å². The van der Waals surface area contributed by atoms with E-state index >= 15 is 0 Å². The van der Waals surface area contributed by atoms with Gasteiger partial charge < -0.3 is 4.74 Å². The van der Waals surface area contributed by atoms with Gasteiger partial charge >= 0.3 is 5.97 Å². The van der Waals surface area contributed by atoms with Crippen molar-refractivity contribution in [1.82, 2.24) is 4.90 Å². The molecule has 0 aromatic heterocycles. The lowest BCUT2D eigenvalue weighted by Crippen LogP contribution is -2.40. The molecule has 0 aliphatic rings. The van der Waals surface area contributed by atoms with Crippen LogP contribution in [-0.2, 0) is 22.5 Å². The second kappa shape index (κ2) is 8.11. The Morgan fingerprint density at radius 2 is 1.77 bits per heavy atom. The van der Waals surface area contributed by atoms with Gasteiger partial charge in [0.15, 0.2) is 0 Å². The van der Waals surface area contributed by atoms with Gasteiger partial charge in [-0.3, -0.25) is 9.69 Å². The standard InChI is InChI=1S/C18H20BrNO2/c1-20(13-15-10-6-7-11-16(15)19)17(18(21)22-2)12-14-8-4-3-5-9-14/h3-11,17H,12-13H2,1-2H3/t17-/m0/s1. The van der Waals surface area contributed by atoms with E-state index in [0.29, 0.717) is 13.0 Å². The molecule has 22 heavy (non-hydrogen) atoms. The van der Waals surface area contributed by atoms with Crippen LogP contribution >= 0.6 is 15.9 Å². The highest BCUT2D eigenvalue weighted by atomic mass is 79.9. The van der Waals surface area contributed by atoms with Gasteiger partial charge in [-0.2, -0.15) is 0 Å². The van der Waals surface area contributed by atoms with Crippen molar-refractivity contribution in [2.75, 3.05) is 14.2 Å². The smallest absolute Gasteiger partial charge is 0.323 e. The predicted octanol–water partition coefficient (Wildman–Crippen LogP) is 3.67. The topological polar surface area (TPSA) is 29.5 Å². The molecule has 0 saturated heterocycles. The van der Waals surface area contributed by atoms with Crippen molar-refractivity contribution < 1.29 is 9.53 Å². The molecule has 1 atom stereocenters. The fraction of sp³-hybridized carbons (Fsp3) is 0.278. The lowest BCUT2D eigenvalue weighted by Gasteiger charge is -2.26. The minimum atomic E-state index is -0.306. The maximum Gasteiger partial charge on any atom is 0.323 e. The molecule has 116 valence electrons. The molecule has 0 spiro atoms. The molecule has 0 bridgehead atoms. The predicted molar refractivity (Wildman–Crippen MR) is 91.6 cm³/mol. The van der Waals surface area contributed by atoms with Gasteiger partial charge in [0.25, 0.3) is 0 Å². The van der Waals surface area contributed by atoms with Gasteiger partial charge in [-0.1, -0.05) is 64.5 Å². The first-order valence-corrected chi connectivity index (χ1v) is 7.96. The summed E-state index contributed by atoms with van der Waals surface area (Å²) in [6.07, 6.45) is 0.633. The first-order valence-electron chi connectivity index (χ1n) is 7.17. The Labute approximate surface area is 140 Å². The third-order valence-electron chi connectivity index (χ3n) is 3.65. The van der Waals surface area contributed by atoms with Crippen molar-refractivity contribution in [3.8, 4) is 0 Å². The fourth-order valence-electron chi connectivity index (χ4n) is 2.40. The van der Waals surface area contributed by atoms with Crippen molar-refractivity contribution in [2.45, 2.75) is 19.0 Å². The second-order valence-electron chi connectivity index (χ2n) is 5.24. The summed E-state index contributed by atoms with van der Waals surface area (Å²) >= 11 is 3.55. The maximum atomic E-state index is 12.2. The van der Waals surface area contributed by atoms with E-state index in [9.17, 15) is 4.79 Å². The van der Waals surface area contributed by atoms with E-state index in [1.54, 1.807) is 0 Å². The van der Waals surface area contributed by atoms with Crippen LogP contribution < -0.4 is 0 Å². The summed E-state index contributed by atoms with van der Waals surface area (Å²) in [4.78, 5) is 14.2. The maximum absolute atomic E-state index is 12.2. The van der Waals surface area contributed by atoms with Crippen LogP contribution in [0.5, 0.6) is 0 Å². The van der Waals surface area contributed by atoms with Gasteiger partial charge in [0, 0.05) is 11.0 Å². The van der Waals surface area contributed by atoms with Crippen LogP contribution in [0.3, 0.4) is 0 Å². The Morgan fingerprint density at radius 1 is 1.14 bits per heavy atom. The summed E-state index contributed by atoms with van der Waals surface area (Å²) in [6.45, 7) is 0.675. The number of nitrogens with zero attached hydrogens (tertiary/aromatic N) is 1. The lowest BCUT2D eigenvalue weighted by molar-refractivity contribution is -0.146. The van der Waals surface area contributed by atoms with Crippen molar-refractivity contribution in [1.29, 1.82) is 0 Å². The van der Waals surface area contributed by atoms with E-state index in [-0.39, 0.29) is 12.0 Å². The molecule has 0 amide bonds.